The minimum atomic E-state index is 0.730. The van der Waals surface area contributed by atoms with Crippen LogP contribution in [0.4, 0.5) is 17.1 Å². The van der Waals surface area contributed by atoms with Gasteiger partial charge in [0, 0.05) is 29.2 Å². The lowest BCUT2D eigenvalue weighted by atomic mass is 10.0. The summed E-state index contributed by atoms with van der Waals surface area (Å²) in [7, 11) is 0. The van der Waals surface area contributed by atoms with E-state index in [-0.39, 0.29) is 0 Å². The van der Waals surface area contributed by atoms with Crippen molar-refractivity contribution in [3.8, 4) is 11.1 Å². The number of hydrogen-bond acceptors (Lipinski definition) is 4. The van der Waals surface area contributed by atoms with E-state index in [0.717, 1.165) is 34.7 Å². The molecular weight excluding hydrogens is 302 g/mol. The Morgan fingerprint density at radius 1 is 0.913 bits per heavy atom. The van der Waals surface area contributed by atoms with E-state index in [1.54, 1.807) is 11.3 Å². The van der Waals surface area contributed by atoms with Crippen LogP contribution < -0.4 is 16.8 Å². The monoisotopic (exact) mass is 323 g/mol. The summed E-state index contributed by atoms with van der Waals surface area (Å²) in [5.74, 6) is 0. The number of benzene rings is 2. The van der Waals surface area contributed by atoms with Crippen LogP contribution in [0.1, 0.15) is 16.7 Å². The molecule has 118 valence electrons. The zero-order chi connectivity index (χ0) is 16.4. The second-order valence-corrected chi connectivity index (χ2v) is 6.55. The first-order chi connectivity index (χ1) is 11.0. The molecule has 0 bridgehead atoms. The predicted molar refractivity (Wildman–Crippen MR) is 102 cm³/mol. The largest absolute Gasteiger partial charge is 0.399 e. The van der Waals surface area contributed by atoms with E-state index in [2.05, 4.69) is 48.1 Å². The molecule has 0 saturated carbocycles. The molecule has 2 aromatic carbocycles. The van der Waals surface area contributed by atoms with Crippen LogP contribution in [0.15, 0.2) is 47.2 Å². The topological polar surface area (TPSA) is 64.1 Å². The highest BCUT2D eigenvalue weighted by Crippen LogP contribution is 2.33. The van der Waals surface area contributed by atoms with E-state index in [0.29, 0.717) is 0 Å². The van der Waals surface area contributed by atoms with Gasteiger partial charge in [-0.3, -0.25) is 0 Å². The van der Waals surface area contributed by atoms with Crippen LogP contribution in [0, 0.1) is 13.8 Å². The van der Waals surface area contributed by atoms with Crippen LogP contribution in [0.2, 0.25) is 0 Å². The van der Waals surface area contributed by atoms with Crippen molar-refractivity contribution in [3.63, 3.8) is 0 Å². The normalized spacial score (nSPS) is 10.7. The van der Waals surface area contributed by atoms with Gasteiger partial charge in [0.25, 0.3) is 0 Å². The SMILES string of the molecule is Cc1ccc(NCc2cscc2-c2cc(N)ccc2N)cc1C. The maximum absolute atomic E-state index is 6.12. The number of nitrogens with one attached hydrogen (secondary N) is 1. The third-order valence-corrected chi connectivity index (χ3v) is 4.89. The van der Waals surface area contributed by atoms with Crippen molar-refractivity contribution in [2.75, 3.05) is 16.8 Å². The molecule has 1 heterocycles. The fraction of sp³-hybridized carbons (Fsp3) is 0.158. The van der Waals surface area contributed by atoms with E-state index in [9.17, 15) is 0 Å². The number of aryl methyl sites for hydroxylation is 2. The molecular formula is C19H21N3S. The van der Waals surface area contributed by atoms with Gasteiger partial charge in [0.1, 0.15) is 0 Å². The third-order valence-electron chi connectivity index (χ3n) is 4.10. The molecule has 1 aromatic heterocycles. The summed E-state index contributed by atoms with van der Waals surface area (Å²) in [5.41, 5.74) is 20.6. The summed E-state index contributed by atoms with van der Waals surface area (Å²) in [6.45, 7) is 5.01. The van der Waals surface area contributed by atoms with Gasteiger partial charge >= 0.3 is 0 Å². The van der Waals surface area contributed by atoms with Gasteiger partial charge in [0.05, 0.1) is 0 Å². The highest BCUT2D eigenvalue weighted by Gasteiger charge is 2.10. The lowest BCUT2D eigenvalue weighted by Gasteiger charge is -2.11. The van der Waals surface area contributed by atoms with Gasteiger partial charge in [0.2, 0.25) is 0 Å². The Morgan fingerprint density at radius 2 is 1.74 bits per heavy atom. The molecule has 0 unspecified atom stereocenters. The molecule has 3 nitrogen and oxygen atoms in total. The Balaban J connectivity index is 1.84. The van der Waals surface area contributed by atoms with Gasteiger partial charge in [-0.15, -0.1) is 0 Å². The number of rotatable bonds is 4. The Bertz CT molecular complexity index is 836. The molecule has 3 rings (SSSR count). The Hall–Kier alpha value is -2.46. The fourth-order valence-corrected chi connectivity index (χ4v) is 3.41. The van der Waals surface area contributed by atoms with Gasteiger partial charge in [-0.1, -0.05) is 6.07 Å². The zero-order valence-electron chi connectivity index (χ0n) is 13.4. The lowest BCUT2D eigenvalue weighted by Crippen LogP contribution is -2.01. The first kappa shape index (κ1) is 15.4. The van der Waals surface area contributed by atoms with Crippen LogP contribution in [-0.2, 0) is 6.54 Å². The molecule has 0 amide bonds. The predicted octanol–water partition coefficient (Wildman–Crippen LogP) is 4.81. The molecule has 3 aromatic rings. The minimum absolute atomic E-state index is 0.730. The lowest BCUT2D eigenvalue weighted by molar-refractivity contribution is 1.16. The highest BCUT2D eigenvalue weighted by atomic mass is 32.1. The van der Waals surface area contributed by atoms with Crippen LogP contribution in [0.3, 0.4) is 0 Å². The second kappa shape index (κ2) is 6.34. The van der Waals surface area contributed by atoms with Crippen molar-refractivity contribution in [2.45, 2.75) is 20.4 Å². The molecule has 0 saturated heterocycles. The van der Waals surface area contributed by atoms with Gasteiger partial charge in [-0.05, 0) is 77.2 Å². The van der Waals surface area contributed by atoms with Gasteiger partial charge < -0.3 is 16.8 Å². The third kappa shape index (κ3) is 3.32. The van der Waals surface area contributed by atoms with Crippen molar-refractivity contribution in [2.24, 2.45) is 0 Å². The summed E-state index contributed by atoms with van der Waals surface area (Å²) in [6.07, 6.45) is 0. The van der Waals surface area contributed by atoms with E-state index in [4.69, 9.17) is 11.5 Å². The molecule has 0 atom stereocenters. The van der Waals surface area contributed by atoms with E-state index >= 15 is 0 Å². The summed E-state index contributed by atoms with van der Waals surface area (Å²) in [4.78, 5) is 0. The first-order valence-corrected chi connectivity index (χ1v) is 8.50. The van der Waals surface area contributed by atoms with Crippen molar-refractivity contribution in [1.29, 1.82) is 0 Å². The van der Waals surface area contributed by atoms with Crippen molar-refractivity contribution in [3.05, 3.63) is 63.8 Å². The molecule has 0 aliphatic carbocycles. The minimum Gasteiger partial charge on any atom is -0.399 e. The second-order valence-electron chi connectivity index (χ2n) is 5.81. The fourth-order valence-electron chi connectivity index (χ4n) is 2.55. The maximum atomic E-state index is 6.12. The average molecular weight is 323 g/mol. The smallest absolute Gasteiger partial charge is 0.0415 e. The summed E-state index contributed by atoms with van der Waals surface area (Å²) < 4.78 is 0. The van der Waals surface area contributed by atoms with E-state index in [1.165, 1.54) is 16.7 Å². The summed E-state index contributed by atoms with van der Waals surface area (Å²) in [6, 6.07) is 12.1. The van der Waals surface area contributed by atoms with Crippen molar-refractivity contribution >= 4 is 28.4 Å². The number of hydrogen-bond donors (Lipinski definition) is 3. The van der Waals surface area contributed by atoms with Crippen molar-refractivity contribution < 1.29 is 0 Å². The molecule has 5 N–H and O–H groups in total. The quantitative estimate of drug-likeness (QED) is 0.604. The summed E-state index contributed by atoms with van der Waals surface area (Å²) in [5, 5.41) is 7.78. The van der Waals surface area contributed by atoms with Crippen LogP contribution in [-0.4, -0.2) is 0 Å². The highest BCUT2D eigenvalue weighted by molar-refractivity contribution is 7.08. The zero-order valence-corrected chi connectivity index (χ0v) is 14.2. The maximum Gasteiger partial charge on any atom is 0.0415 e. The van der Waals surface area contributed by atoms with Crippen LogP contribution in [0.5, 0.6) is 0 Å². The van der Waals surface area contributed by atoms with E-state index < -0.39 is 0 Å². The van der Waals surface area contributed by atoms with Gasteiger partial charge in [0.15, 0.2) is 0 Å². The first-order valence-electron chi connectivity index (χ1n) is 7.56. The van der Waals surface area contributed by atoms with Crippen molar-refractivity contribution in [1.82, 2.24) is 0 Å². The molecule has 0 aliphatic heterocycles. The van der Waals surface area contributed by atoms with Gasteiger partial charge in [-0.2, -0.15) is 11.3 Å². The standard InChI is InChI=1S/C19H21N3S/c1-12-3-5-16(7-13(12)2)22-9-14-10-23-11-18(14)17-8-15(20)4-6-19(17)21/h3-8,10-11,22H,9,20-21H2,1-2H3. The summed E-state index contributed by atoms with van der Waals surface area (Å²) >= 11 is 1.68. The Kier molecular flexibility index (Phi) is 4.26. The molecule has 0 aliphatic rings. The van der Waals surface area contributed by atoms with Crippen LogP contribution in [0.25, 0.3) is 11.1 Å². The number of nitrogens with two attached hydrogens (primary N) is 2. The molecule has 0 radical (unpaired) electrons. The molecule has 23 heavy (non-hydrogen) atoms. The Labute approximate surface area is 141 Å². The van der Waals surface area contributed by atoms with Crippen LogP contribution >= 0.6 is 11.3 Å². The Morgan fingerprint density at radius 3 is 2.52 bits per heavy atom. The molecule has 0 spiro atoms. The van der Waals surface area contributed by atoms with Gasteiger partial charge in [-0.25, -0.2) is 0 Å². The molecule has 4 heteroatoms. The number of anilines is 3. The number of thiophene rings is 1. The average Bonchev–Trinajstić information content (AvgIpc) is 2.99. The molecule has 0 fully saturated rings. The van der Waals surface area contributed by atoms with E-state index in [1.807, 2.05) is 18.2 Å². The number of nitrogen functional groups attached to an aromatic ring is 2.